The number of nitrogen functional groups attached to an aromatic ring is 1. The number of nitrogens with zero attached hydrogens (tertiary/aromatic N) is 2. The standard InChI is InChI=1S/C18H18N4O4/c1-25-22-16(24)12-4-2-11(3-5-12)13-6-7-15-14(10-13)17(26-9-8-23)21-18(19)20-15/h2-7,10,23H,8-9H2,1H3,(H,22,24)(H2,19,20,21). The fourth-order valence-corrected chi connectivity index (χ4v) is 2.52. The molecule has 1 aromatic heterocycles. The van der Waals surface area contributed by atoms with E-state index in [0.29, 0.717) is 22.3 Å². The van der Waals surface area contributed by atoms with Crippen LogP contribution in [0.15, 0.2) is 42.5 Å². The highest BCUT2D eigenvalue weighted by molar-refractivity contribution is 5.94. The van der Waals surface area contributed by atoms with Gasteiger partial charge in [0.15, 0.2) is 0 Å². The van der Waals surface area contributed by atoms with Gasteiger partial charge >= 0.3 is 0 Å². The molecule has 0 spiro atoms. The monoisotopic (exact) mass is 354 g/mol. The Kier molecular flexibility index (Phi) is 5.26. The smallest absolute Gasteiger partial charge is 0.274 e. The van der Waals surface area contributed by atoms with Gasteiger partial charge in [-0.1, -0.05) is 18.2 Å². The number of ether oxygens (including phenoxy) is 1. The van der Waals surface area contributed by atoms with Crippen molar-refractivity contribution in [3.63, 3.8) is 0 Å². The number of benzene rings is 2. The number of aromatic nitrogens is 2. The quantitative estimate of drug-likeness (QED) is 0.574. The van der Waals surface area contributed by atoms with Gasteiger partial charge in [-0.15, -0.1) is 0 Å². The minimum absolute atomic E-state index is 0.103. The summed E-state index contributed by atoms with van der Waals surface area (Å²) in [4.78, 5) is 24.7. The van der Waals surface area contributed by atoms with Crippen molar-refractivity contribution in [2.24, 2.45) is 0 Å². The molecule has 3 aromatic rings. The van der Waals surface area contributed by atoms with Gasteiger partial charge in [0.2, 0.25) is 11.8 Å². The highest BCUT2D eigenvalue weighted by atomic mass is 16.6. The Balaban J connectivity index is 1.97. The Morgan fingerprint density at radius 1 is 1.15 bits per heavy atom. The minimum Gasteiger partial charge on any atom is -0.475 e. The second kappa shape index (κ2) is 7.77. The van der Waals surface area contributed by atoms with Crippen LogP contribution in [0.4, 0.5) is 5.95 Å². The molecule has 26 heavy (non-hydrogen) atoms. The topological polar surface area (TPSA) is 120 Å². The predicted molar refractivity (Wildman–Crippen MR) is 96.4 cm³/mol. The van der Waals surface area contributed by atoms with Crippen molar-refractivity contribution in [2.75, 3.05) is 26.1 Å². The normalized spacial score (nSPS) is 10.7. The Labute approximate surface area is 149 Å². The van der Waals surface area contributed by atoms with Crippen LogP contribution in [-0.2, 0) is 4.84 Å². The maximum Gasteiger partial charge on any atom is 0.274 e. The van der Waals surface area contributed by atoms with E-state index in [4.69, 9.17) is 15.6 Å². The summed E-state index contributed by atoms with van der Waals surface area (Å²) < 4.78 is 5.47. The Bertz CT molecular complexity index is 928. The molecule has 8 nitrogen and oxygen atoms in total. The second-order valence-electron chi connectivity index (χ2n) is 5.40. The van der Waals surface area contributed by atoms with Gasteiger partial charge in [0.25, 0.3) is 5.91 Å². The molecule has 0 unspecified atom stereocenters. The van der Waals surface area contributed by atoms with E-state index in [2.05, 4.69) is 20.3 Å². The zero-order valence-electron chi connectivity index (χ0n) is 14.1. The number of anilines is 1. The van der Waals surface area contributed by atoms with Crippen LogP contribution < -0.4 is 16.0 Å². The van der Waals surface area contributed by atoms with Gasteiger partial charge < -0.3 is 15.6 Å². The first kappa shape index (κ1) is 17.6. The maximum absolute atomic E-state index is 11.7. The van der Waals surface area contributed by atoms with Crippen molar-refractivity contribution in [3.8, 4) is 17.0 Å². The molecule has 4 N–H and O–H groups in total. The third-order valence-corrected chi connectivity index (χ3v) is 3.68. The fraction of sp³-hybridized carbons (Fsp3) is 0.167. The molecule has 3 rings (SSSR count). The number of hydrogen-bond donors (Lipinski definition) is 3. The molecule has 2 aromatic carbocycles. The van der Waals surface area contributed by atoms with E-state index in [9.17, 15) is 4.79 Å². The number of hydrogen-bond acceptors (Lipinski definition) is 7. The number of rotatable bonds is 6. The van der Waals surface area contributed by atoms with Gasteiger partial charge in [-0.3, -0.25) is 9.63 Å². The molecule has 0 saturated heterocycles. The van der Waals surface area contributed by atoms with E-state index in [-0.39, 0.29) is 25.1 Å². The number of aliphatic hydroxyl groups is 1. The first-order chi connectivity index (χ1) is 12.6. The van der Waals surface area contributed by atoms with E-state index in [1.54, 1.807) is 12.1 Å². The van der Waals surface area contributed by atoms with Crippen LogP contribution in [0.2, 0.25) is 0 Å². The zero-order chi connectivity index (χ0) is 18.5. The Hall–Kier alpha value is -3.23. The number of aliphatic hydroxyl groups excluding tert-OH is 1. The molecule has 0 atom stereocenters. The number of carbonyl (C=O) groups excluding carboxylic acids is 1. The molecular formula is C18H18N4O4. The van der Waals surface area contributed by atoms with Crippen molar-refractivity contribution in [1.82, 2.24) is 15.4 Å². The predicted octanol–water partition coefficient (Wildman–Crippen LogP) is 1.54. The molecule has 0 saturated carbocycles. The van der Waals surface area contributed by atoms with Crippen LogP contribution in [0, 0.1) is 0 Å². The molecule has 0 aliphatic heterocycles. The lowest BCUT2D eigenvalue weighted by Crippen LogP contribution is -2.21. The summed E-state index contributed by atoms with van der Waals surface area (Å²) in [5.74, 6) is 0.104. The SMILES string of the molecule is CONC(=O)c1ccc(-c2ccc3nc(N)nc(OCCO)c3c2)cc1. The first-order valence-corrected chi connectivity index (χ1v) is 7.87. The van der Waals surface area contributed by atoms with E-state index in [0.717, 1.165) is 11.1 Å². The van der Waals surface area contributed by atoms with Gasteiger partial charge in [0.05, 0.1) is 24.6 Å². The number of amides is 1. The van der Waals surface area contributed by atoms with Crippen LogP contribution >= 0.6 is 0 Å². The number of nitrogens with one attached hydrogen (secondary N) is 1. The lowest BCUT2D eigenvalue weighted by Gasteiger charge is -2.10. The fourth-order valence-electron chi connectivity index (χ4n) is 2.52. The van der Waals surface area contributed by atoms with Crippen LogP contribution in [0.25, 0.3) is 22.0 Å². The van der Waals surface area contributed by atoms with Gasteiger partial charge in [-0.2, -0.15) is 4.98 Å². The van der Waals surface area contributed by atoms with E-state index >= 15 is 0 Å². The maximum atomic E-state index is 11.7. The highest BCUT2D eigenvalue weighted by Gasteiger charge is 2.10. The lowest BCUT2D eigenvalue weighted by molar-refractivity contribution is 0.0537. The lowest BCUT2D eigenvalue weighted by atomic mass is 10.0. The van der Waals surface area contributed by atoms with Crippen LogP contribution in [0.1, 0.15) is 10.4 Å². The van der Waals surface area contributed by atoms with Crippen molar-refractivity contribution < 1.29 is 19.5 Å². The van der Waals surface area contributed by atoms with E-state index in [1.807, 2.05) is 30.3 Å². The van der Waals surface area contributed by atoms with E-state index < -0.39 is 0 Å². The Morgan fingerprint density at radius 3 is 2.58 bits per heavy atom. The molecule has 0 aliphatic carbocycles. The second-order valence-corrected chi connectivity index (χ2v) is 5.40. The molecule has 0 bridgehead atoms. The number of hydroxylamine groups is 1. The van der Waals surface area contributed by atoms with Gasteiger partial charge in [0.1, 0.15) is 6.61 Å². The van der Waals surface area contributed by atoms with Crippen LogP contribution in [0.5, 0.6) is 5.88 Å². The molecule has 1 heterocycles. The Morgan fingerprint density at radius 2 is 1.88 bits per heavy atom. The van der Waals surface area contributed by atoms with Gasteiger partial charge in [-0.05, 0) is 35.4 Å². The summed E-state index contributed by atoms with van der Waals surface area (Å²) in [5, 5.41) is 9.66. The summed E-state index contributed by atoms with van der Waals surface area (Å²) >= 11 is 0. The minimum atomic E-state index is -0.318. The summed E-state index contributed by atoms with van der Waals surface area (Å²) in [6.45, 7) is -0.0187. The number of fused-ring (bicyclic) bond motifs is 1. The number of carbonyl (C=O) groups is 1. The molecule has 8 heteroatoms. The third-order valence-electron chi connectivity index (χ3n) is 3.68. The van der Waals surface area contributed by atoms with Crippen molar-refractivity contribution in [1.29, 1.82) is 0 Å². The molecule has 134 valence electrons. The van der Waals surface area contributed by atoms with E-state index in [1.165, 1.54) is 7.11 Å². The highest BCUT2D eigenvalue weighted by Crippen LogP contribution is 2.29. The summed E-state index contributed by atoms with van der Waals surface area (Å²) in [7, 11) is 1.38. The van der Waals surface area contributed by atoms with Crippen LogP contribution in [0.3, 0.4) is 0 Å². The van der Waals surface area contributed by atoms with Crippen molar-refractivity contribution in [2.45, 2.75) is 0 Å². The summed E-state index contributed by atoms with van der Waals surface area (Å²) in [6, 6.07) is 12.7. The largest absolute Gasteiger partial charge is 0.475 e. The average molecular weight is 354 g/mol. The van der Waals surface area contributed by atoms with Crippen molar-refractivity contribution >= 4 is 22.8 Å². The molecular weight excluding hydrogens is 336 g/mol. The van der Waals surface area contributed by atoms with Crippen molar-refractivity contribution in [3.05, 3.63) is 48.0 Å². The summed E-state index contributed by atoms with van der Waals surface area (Å²) in [5.41, 5.74) is 10.9. The molecule has 0 aliphatic rings. The first-order valence-electron chi connectivity index (χ1n) is 7.87. The molecule has 0 fully saturated rings. The number of nitrogens with two attached hydrogens (primary N) is 1. The average Bonchev–Trinajstić information content (AvgIpc) is 2.66. The summed E-state index contributed by atoms with van der Waals surface area (Å²) in [6.07, 6.45) is 0. The van der Waals surface area contributed by atoms with Gasteiger partial charge in [0, 0.05) is 5.56 Å². The zero-order valence-corrected chi connectivity index (χ0v) is 14.1. The van der Waals surface area contributed by atoms with Gasteiger partial charge in [-0.25, -0.2) is 10.5 Å². The molecule has 0 radical (unpaired) electrons. The third kappa shape index (κ3) is 3.71. The molecule has 1 amide bonds. The van der Waals surface area contributed by atoms with Crippen LogP contribution in [-0.4, -0.2) is 41.3 Å².